The van der Waals surface area contributed by atoms with E-state index in [1.807, 2.05) is 7.05 Å². The molecule has 0 amide bonds. The van der Waals surface area contributed by atoms with Crippen LogP contribution in [-0.2, 0) is 6.18 Å². The Balaban J connectivity index is 3.06. The van der Waals surface area contributed by atoms with Gasteiger partial charge in [0.25, 0.3) is 0 Å². The Bertz CT molecular complexity index is 412. The van der Waals surface area contributed by atoms with Crippen molar-refractivity contribution in [1.29, 1.82) is 0 Å². The second-order valence-corrected chi connectivity index (χ2v) is 5.10. The van der Waals surface area contributed by atoms with E-state index in [9.17, 15) is 13.2 Å². The first-order valence-electron chi connectivity index (χ1n) is 6.66. The van der Waals surface area contributed by atoms with Gasteiger partial charge >= 0.3 is 6.18 Å². The van der Waals surface area contributed by atoms with E-state index in [-0.39, 0.29) is 6.04 Å². The monoisotopic (exact) mass is 273 g/mol. The van der Waals surface area contributed by atoms with E-state index < -0.39 is 11.7 Å². The first-order chi connectivity index (χ1) is 8.81. The number of aryl methyl sites for hydroxylation is 1. The number of benzene rings is 1. The van der Waals surface area contributed by atoms with Crippen molar-refractivity contribution in [3.8, 4) is 0 Å². The minimum atomic E-state index is -4.27. The van der Waals surface area contributed by atoms with Crippen molar-refractivity contribution in [3.05, 3.63) is 34.9 Å². The van der Waals surface area contributed by atoms with E-state index in [0.717, 1.165) is 18.4 Å². The first-order valence-corrected chi connectivity index (χ1v) is 6.66. The summed E-state index contributed by atoms with van der Waals surface area (Å²) in [6.07, 6.45) is -2.15. The third kappa shape index (κ3) is 3.96. The van der Waals surface area contributed by atoms with Gasteiger partial charge in [-0.15, -0.1) is 0 Å². The average molecular weight is 273 g/mol. The van der Waals surface area contributed by atoms with Gasteiger partial charge in [0, 0.05) is 6.04 Å². The number of rotatable bonds is 5. The van der Waals surface area contributed by atoms with Crippen molar-refractivity contribution in [1.82, 2.24) is 5.32 Å². The molecule has 2 atom stereocenters. The van der Waals surface area contributed by atoms with Crippen LogP contribution in [0.5, 0.6) is 0 Å². The summed E-state index contributed by atoms with van der Waals surface area (Å²) in [6, 6.07) is 4.11. The zero-order valence-electron chi connectivity index (χ0n) is 11.9. The molecule has 0 heterocycles. The van der Waals surface area contributed by atoms with Crippen LogP contribution in [0.2, 0.25) is 0 Å². The van der Waals surface area contributed by atoms with Gasteiger partial charge in [-0.1, -0.05) is 26.3 Å². The zero-order valence-corrected chi connectivity index (χ0v) is 11.9. The number of nitrogens with one attached hydrogen (secondary N) is 1. The molecule has 0 spiro atoms. The largest absolute Gasteiger partial charge is 0.416 e. The second-order valence-electron chi connectivity index (χ2n) is 5.10. The molecule has 0 aliphatic heterocycles. The molecule has 0 fully saturated rings. The van der Waals surface area contributed by atoms with E-state index in [0.29, 0.717) is 11.5 Å². The lowest BCUT2D eigenvalue weighted by atomic mass is 9.88. The van der Waals surface area contributed by atoms with Crippen molar-refractivity contribution in [3.63, 3.8) is 0 Å². The highest BCUT2D eigenvalue weighted by Gasteiger charge is 2.31. The summed E-state index contributed by atoms with van der Waals surface area (Å²) >= 11 is 0. The van der Waals surface area contributed by atoms with Gasteiger partial charge in [0.1, 0.15) is 0 Å². The molecule has 1 nitrogen and oxygen atoms in total. The van der Waals surface area contributed by atoms with Crippen LogP contribution in [0.15, 0.2) is 18.2 Å². The van der Waals surface area contributed by atoms with Gasteiger partial charge in [-0.05, 0) is 49.6 Å². The van der Waals surface area contributed by atoms with Crippen molar-refractivity contribution in [2.75, 3.05) is 7.05 Å². The Morgan fingerprint density at radius 3 is 2.32 bits per heavy atom. The predicted octanol–water partition coefficient (Wildman–Crippen LogP) is 4.71. The average Bonchev–Trinajstić information content (AvgIpc) is 2.31. The molecule has 0 aliphatic carbocycles. The Kier molecular flexibility index (Phi) is 5.41. The van der Waals surface area contributed by atoms with Crippen LogP contribution in [0.4, 0.5) is 13.2 Å². The molecule has 19 heavy (non-hydrogen) atoms. The lowest BCUT2D eigenvalue weighted by Gasteiger charge is -2.26. The Morgan fingerprint density at radius 1 is 1.26 bits per heavy atom. The minimum absolute atomic E-state index is 0.0993. The SMILES string of the molecule is CCCC(C)C(NC)c1ccc(C(F)(F)F)cc1C. The lowest BCUT2D eigenvalue weighted by molar-refractivity contribution is -0.137. The van der Waals surface area contributed by atoms with Crippen LogP contribution >= 0.6 is 0 Å². The van der Waals surface area contributed by atoms with Crippen molar-refractivity contribution in [2.24, 2.45) is 5.92 Å². The van der Waals surface area contributed by atoms with Gasteiger partial charge in [-0.25, -0.2) is 0 Å². The van der Waals surface area contributed by atoms with Crippen molar-refractivity contribution < 1.29 is 13.2 Å². The summed E-state index contributed by atoms with van der Waals surface area (Å²) in [5.41, 5.74) is 1.07. The molecule has 2 unspecified atom stereocenters. The zero-order chi connectivity index (χ0) is 14.6. The van der Waals surface area contributed by atoms with Gasteiger partial charge in [0.15, 0.2) is 0 Å². The van der Waals surface area contributed by atoms with Gasteiger partial charge in [-0.2, -0.15) is 13.2 Å². The second kappa shape index (κ2) is 6.42. The van der Waals surface area contributed by atoms with E-state index in [1.165, 1.54) is 12.1 Å². The Morgan fingerprint density at radius 2 is 1.89 bits per heavy atom. The van der Waals surface area contributed by atoms with Crippen LogP contribution in [0.1, 0.15) is 49.4 Å². The molecule has 0 aromatic heterocycles. The summed E-state index contributed by atoms with van der Waals surface area (Å²) in [6.45, 7) is 5.98. The maximum atomic E-state index is 12.6. The molecule has 0 aliphatic rings. The first kappa shape index (κ1) is 16.0. The molecule has 0 bridgehead atoms. The molecule has 0 saturated carbocycles. The van der Waals surface area contributed by atoms with Crippen molar-refractivity contribution >= 4 is 0 Å². The van der Waals surface area contributed by atoms with Gasteiger partial charge in [0.2, 0.25) is 0 Å². The fourth-order valence-corrected chi connectivity index (χ4v) is 2.57. The minimum Gasteiger partial charge on any atom is -0.313 e. The topological polar surface area (TPSA) is 12.0 Å². The van der Waals surface area contributed by atoms with Gasteiger partial charge in [-0.3, -0.25) is 0 Å². The molecule has 1 aromatic rings. The highest BCUT2D eigenvalue weighted by atomic mass is 19.4. The van der Waals surface area contributed by atoms with Crippen LogP contribution in [0, 0.1) is 12.8 Å². The molecular formula is C15H22F3N. The summed E-state index contributed by atoms with van der Waals surface area (Å²) in [5, 5.41) is 3.22. The van der Waals surface area contributed by atoms with E-state index in [2.05, 4.69) is 19.2 Å². The predicted molar refractivity (Wildman–Crippen MR) is 72.1 cm³/mol. The number of alkyl halides is 3. The maximum Gasteiger partial charge on any atom is 0.416 e. The summed E-state index contributed by atoms with van der Waals surface area (Å²) in [5.74, 6) is 0.394. The highest BCUT2D eigenvalue weighted by molar-refractivity contribution is 5.35. The summed E-state index contributed by atoms with van der Waals surface area (Å²) in [7, 11) is 1.86. The summed E-state index contributed by atoms with van der Waals surface area (Å²) in [4.78, 5) is 0. The number of halogens is 3. The summed E-state index contributed by atoms with van der Waals surface area (Å²) < 4.78 is 37.9. The van der Waals surface area contributed by atoms with Crippen LogP contribution in [-0.4, -0.2) is 7.05 Å². The van der Waals surface area contributed by atoms with Crippen LogP contribution in [0.25, 0.3) is 0 Å². The standard InChI is InChI=1S/C15H22F3N/c1-5-6-10(2)14(19-4)13-8-7-12(9-11(13)3)15(16,17)18/h7-10,14,19H,5-6H2,1-4H3. The molecule has 4 heteroatoms. The molecule has 0 saturated heterocycles. The third-order valence-corrected chi connectivity index (χ3v) is 3.56. The molecule has 0 radical (unpaired) electrons. The van der Waals surface area contributed by atoms with Gasteiger partial charge in [0.05, 0.1) is 5.56 Å². The van der Waals surface area contributed by atoms with Crippen LogP contribution < -0.4 is 5.32 Å². The van der Waals surface area contributed by atoms with E-state index in [1.54, 1.807) is 13.0 Å². The lowest BCUT2D eigenvalue weighted by Crippen LogP contribution is -2.24. The fraction of sp³-hybridized carbons (Fsp3) is 0.600. The highest BCUT2D eigenvalue weighted by Crippen LogP contribution is 2.33. The van der Waals surface area contributed by atoms with Crippen molar-refractivity contribution in [2.45, 2.75) is 45.8 Å². The fourth-order valence-electron chi connectivity index (χ4n) is 2.57. The normalized spacial score (nSPS) is 15.3. The number of hydrogen-bond acceptors (Lipinski definition) is 1. The molecule has 1 rings (SSSR count). The maximum absolute atomic E-state index is 12.6. The smallest absolute Gasteiger partial charge is 0.313 e. The molecular weight excluding hydrogens is 251 g/mol. The Hall–Kier alpha value is -1.03. The van der Waals surface area contributed by atoms with Crippen LogP contribution in [0.3, 0.4) is 0 Å². The number of hydrogen-bond donors (Lipinski definition) is 1. The Labute approximate surface area is 113 Å². The van der Waals surface area contributed by atoms with Gasteiger partial charge < -0.3 is 5.32 Å². The quantitative estimate of drug-likeness (QED) is 0.819. The third-order valence-electron chi connectivity index (χ3n) is 3.56. The molecule has 1 aromatic carbocycles. The molecule has 1 N–H and O–H groups in total. The molecule has 108 valence electrons. The van der Waals surface area contributed by atoms with E-state index >= 15 is 0 Å². The van der Waals surface area contributed by atoms with E-state index in [4.69, 9.17) is 0 Å².